The Balaban J connectivity index is 2.54. The Bertz CT molecular complexity index is 505. The maximum Gasteiger partial charge on any atom is 0.160 e. The van der Waals surface area contributed by atoms with E-state index >= 15 is 0 Å². The second-order valence-electron chi connectivity index (χ2n) is 3.34. The first-order valence-corrected chi connectivity index (χ1v) is 6.87. The van der Waals surface area contributed by atoms with Crippen molar-refractivity contribution < 1.29 is 0 Å². The van der Waals surface area contributed by atoms with Crippen molar-refractivity contribution in [1.82, 2.24) is 4.98 Å². The lowest BCUT2D eigenvalue weighted by atomic mass is 10.1. The van der Waals surface area contributed by atoms with E-state index in [1.807, 2.05) is 0 Å². The van der Waals surface area contributed by atoms with Crippen molar-refractivity contribution in [3.63, 3.8) is 0 Å². The molecular weight excluding hydrogens is 338 g/mol. The van der Waals surface area contributed by atoms with Crippen LogP contribution < -0.4 is 0 Å². The van der Waals surface area contributed by atoms with E-state index in [9.17, 15) is 0 Å². The third-order valence-corrected chi connectivity index (χ3v) is 4.49. The summed E-state index contributed by atoms with van der Waals surface area (Å²) in [5.41, 5.74) is 3.46. The Morgan fingerprint density at radius 1 is 1.20 bits per heavy atom. The van der Waals surface area contributed by atoms with Gasteiger partial charge in [-0.15, -0.1) is 11.3 Å². The molecule has 1 heterocycles. The van der Waals surface area contributed by atoms with Crippen LogP contribution in [0.25, 0.3) is 11.3 Å². The van der Waals surface area contributed by atoms with Gasteiger partial charge in [-0.2, -0.15) is 0 Å². The van der Waals surface area contributed by atoms with E-state index in [1.165, 1.54) is 10.4 Å². The van der Waals surface area contributed by atoms with Crippen LogP contribution in [-0.2, 0) is 0 Å². The minimum Gasteiger partial charge on any atom is -0.229 e. The van der Waals surface area contributed by atoms with Gasteiger partial charge in [0.15, 0.2) is 3.92 Å². The third kappa shape index (κ3) is 2.32. The molecule has 0 fully saturated rings. The molecule has 0 amide bonds. The van der Waals surface area contributed by atoms with Crippen LogP contribution in [0, 0.1) is 13.8 Å². The Labute approximate surface area is 110 Å². The van der Waals surface area contributed by atoms with Crippen LogP contribution in [-0.4, -0.2) is 4.98 Å². The molecule has 0 N–H and O–H groups in total. The summed E-state index contributed by atoms with van der Waals surface area (Å²) in [6, 6.07) is 6.32. The molecule has 0 saturated heterocycles. The zero-order valence-corrected chi connectivity index (χ0v) is 12.3. The molecule has 1 aromatic carbocycles. The Morgan fingerprint density at radius 3 is 2.47 bits per heavy atom. The van der Waals surface area contributed by atoms with Crippen molar-refractivity contribution in [1.29, 1.82) is 0 Å². The van der Waals surface area contributed by atoms with Crippen LogP contribution in [0.3, 0.4) is 0 Å². The van der Waals surface area contributed by atoms with Crippen LogP contribution in [0.15, 0.2) is 26.6 Å². The molecule has 0 unspecified atom stereocenters. The lowest BCUT2D eigenvalue weighted by molar-refractivity contribution is 1.33. The predicted molar refractivity (Wildman–Crippen MR) is 72.4 cm³/mol. The first-order valence-electron chi connectivity index (χ1n) is 4.47. The van der Waals surface area contributed by atoms with E-state index in [1.54, 1.807) is 11.3 Å². The van der Waals surface area contributed by atoms with Crippen molar-refractivity contribution in [2.24, 2.45) is 0 Å². The van der Waals surface area contributed by atoms with Crippen LogP contribution in [0.1, 0.15) is 10.4 Å². The zero-order chi connectivity index (χ0) is 11.0. The van der Waals surface area contributed by atoms with Gasteiger partial charge < -0.3 is 0 Å². The molecule has 0 saturated carbocycles. The van der Waals surface area contributed by atoms with Crippen LogP contribution in [0.5, 0.6) is 0 Å². The maximum atomic E-state index is 4.47. The largest absolute Gasteiger partial charge is 0.229 e. The van der Waals surface area contributed by atoms with E-state index in [-0.39, 0.29) is 0 Å². The van der Waals surface area contributed by atoms with Gasteiger partial charge in [0.25, 0.3) is 0 Å². The van der Waals surface area contributed by atoms with Crippen molar-refractivity contribution in [2.45, 2.75) is 13.8 Å². The minimum absolute atomic E-state index is 0.937. The summed E-state index contributed by atoms with van der Waals surface area (Å²) < 4.78 is 2.07. The van der Waals surface area contributed by atoms with E-state index in [0.29, 0.717) is 0 Å². The highest BCUT2D eigenvalue weighted by Crippen LogP contribution is 2.32. The standard InChI is InChI=1S/C11H9Br2NS/c1-6-3-4-8(5-9(6)12)10-7(2)15-11(13)14-10/h3-5H,1-2H3. The molecule has 0 aliphatic heterocycles. The van der Waals surface area contributed by atoms with Crippen molar-refractivity contribution >= 4 is 43.2 Å². The van der Waals surface area contributed by atoms with Crippen molar-refractivity contribution in [2.75, 3.05) is 0 Å². The normalized spacial score (nSPS) is 10.7. The topological polar surface area (TPSA) is 12.9 Å². The van der Waals surface area contributed by atoms with Gasteiger partial charge >= 0.3 is 0 Å². The van der Waals surface area contributed by atoms with E-state index < -0.39 is 0 Å². The number of thiazole rings is 1. The smallest absolute Gasteiger partial charge is 0.160 e. The highest BCUT2D eigenvalue weighted by molar-refractivity contribution is 9.11. The molecule has 1 aromatic heterocycles. The first-order chi connectivity index (χ1) is 7.08. The van der Waals surface area contributed by atoms with Gasteiger partial charge in [0.2, 0.25) is 0 Å². The van der Waals surface area contributed by atoms with Gasteiger partial charge in [0, 0.05) is 14.9 Å². The molecule has 2 rings (SSSR count). The molecule has 0 aliphatic carbocycles. The quantitative estimate of drug-likeness (QED) is 0.711. The minimum atomic E-state index is 0.937. The average Bonchev–Trinajstić information content (AvgIpc) is 2.50. The summed E-state index contributed by atoms with van der Waals surface area (Å²) in [6.07, 6.45) is 0. The monoisotopic (exact) mass is 345 g/mol. The first kappa shape index (κ1) is 11.3. The Hall–Kier alpha value is -0.190. The number of nitrogens with zero attached hydrogens (tertiary/aromatic N) is 1. The number of aromatic nitrogens is 1. The van der Waals surface area contributed by atoms with E-state index in [4.69, 9.17) is 0 Å². The molecule has 2 aromatic rings. The van der Waals surface area contributed by atoms with Gasteiger partial charge in [-0.05, 0) is 41.4 Å². The van der Waals surface area contributed by atoms with Gasteiger partial charge in [0.1, 0.15) is 0 Å². The highest BCUT2D eigenvalue weighted by Gasteiger charge is 2.08. The molecule has 0 radical (unpaired) electrons. The van der Waals surface area contributed by atoms with Gasteiger partial charge in [0.05, 0.1) is 5.69 Å². The Morgan fingerprint density at radius 2 is 1.93 bits per heavy atom. The fourth-order valence-electron chi connectivity index (χ4n) is 1.37. The van der Waals surface area contributed by atoms with Crippen molar-refractivity contribution in [3.8, 4) is 11.3 Å². The molecule has 78 valence electrons. The highest BCUT2D eigenvalue weighted by atomic mass is 79.9. The van der Waals surface area contributed by atoms with Crippen LogP contribution in [0.4, 0.5) is 0 Å². The average molecular weight is 347 g/mol. The summed E-state index contributed by atoms with van der Waals surface area (Å²) in [4.78, 5) is 5.70. The SMILES string of the molecule is Cc1ccc(-c2nc(Br)sc2C)cc1Br. The molecule has 0 atom stereocenters. The number of halogens is 2. The van der Waals surface area contributed by atoms with Crippen LogP contribution >= 0.6 is 43.2 Å². The summed E-state index contributed by atoms with van der Waals surface area (Å²) >= 11 is 8.61. The lowest BCUT2D eigenvalue weighted by Crippen LogP contribution is -1.82. The molecule has 15 heavy (non-hydrogen) atoms. The summed E-state index contributed by atoms with van der Waals surface area (Å²) in [5, 5.41) is 0. The predicted octanol–water partition coefficient (Wildman–Crippen LogP) is 4.95. The molecule has 0 bridgehead atoms. The lowest BCUT2D eigenvalue weighted by Gasteiger charge is -2.02. The van der Waals surface area contributed by atoms with E-state index in [2.05, 4.69) is 68.9 Å². The van der Waals surface area contributed by atoms with Gasteiger partial charge in [-0.3, -0.25) is 0 Å². The maximum absolute atomic E-state index is 4.47. The molecule has 0 aliphatic rings. The fourth-order valence-corrected chi connectivity index (χ4v) is 3.31. The zero-order valence-electron chi connectivity index (χ0n) is 8.34. The fraction of sp³-hybridized carbons (Fsp3) is 0.182. The molecule has 1 nitrogen and oxygen atoms in total. The number of hydrogen-bond acceptors (Lipinski definition) is 2. The molecule has 4 heteroatoms. The summed E-state index contributed by atoms with van der Waals surface area (Å²) in [6.45, 7) is 4.17. The summed E-state index contributed by atoms with van der Waals surface area (Å²) in [7, 11) is 0. The molecular formula is C11H9Br2NS. The summed E-state index contributed by atoms with van der Waals surface area (Å²) in [5.74, 6) is 0. The Kier molecular flexibility index (Phi) is 3.28. The van der Waals surface area contributed by atoms with E-state index in [0.717, 1.165) is 19.6 Å². The third-order valence-electron chi connectivity index (χ3n) is 2.22. The van der Waals surface area contributed by atoms with Crippen molar-refractivity contribution in [3.05, 3.63) is 37.0 Å². The molecule has 0 spiro atoms. The van der Waals surface area contributed by atoms with Gasteiger partial charge in [-0.25, -0.2) is 4.98 Å². The second-order valence-corrected chi connectivity index (χ2v) is 6.67. The van der Waals surface area contributed by atoms with Gasteiger partial charge in [-0.1, -0.05) is 28.1 Å². The second kappa shape index (κ2) is 4.36. The number of benzene rings is 1. The van der Waals surface area contributed by atoms with Crippen LogP contribution in [0.2, 0.25) is 0 Å². The number of rotatable bonds is 1. The number of aryl methyl sites for hydroxylation is 2. The number of hydrogen-bond donors (Lipinski definition) is 0.